The van der Waals surface area contributed by atoms with E-state index in [1.807, 2.05) is 24.3 Å². The zero-order chi connectivity index (χ0) is 16.4. The molecular weight excluding hydrogens is 328 g/mol. The van der Waals surface area contributed by atoms with Crippen LogP contribution in [0.1, 0.15) is 5.89 Å². The Morgan fingerprint density at radius 1 is 1.04 bits per heavy atom. The summed E-state index contributed by atoms with van der Waals surface area (Å²) in [4.78, 5) is 9.00. The van der Waals surface area contributed by atoms with E-state index in [-0.39, 0.29) is 0 Å². The Morgan fingerprint density at radius 3 is 2.62 bits per heavy atom. The highest BCUT2D eigenvalue weighted by Gasteiger charge is 2.21. The molecule has 0 saturated carbocycles. The first-order valence-electron chi connectivity index (χ1n) is 7.88. The number of anilines is 1. The Morgan fingerprint density at radius 2 is 1.88 bits per heavy atom. The Kier molecular flexibility index (Phi) is 4.23. The maximum atomic E-state index is 6.28. The van der Waals surface area contributed by atoms with Gasteiger partial charge in [-0.25, -0.2) is 0 Å². The number of piperazine rings is 1. The van der Waals surface area contributed by atoms with Crippen LogP contribution >= 0.6 is 11.6 Å². The molecule has 0 N–H and O–H groups in total. The lowest BCUT2D eigenvalue weighted by Gasteiger charge is -2.35. The summed E-state index contributed by atoms with van der Waals surface area (Å²) in [7, 11) is 0. The highest BCUT2D eigenvalue weighted by Crippen LogP contribution is 2.26. The van der Waals surface area contributed by atoms with Crippen molar-refractivity contribution in [2.24, 2.45) is 0 Å². The number of para-hydroxylation sites is 1. The van der Waals surface area contributed by atoms with E-state index in [0.29, 0.717) is 24.0 Å². The second-order valence-corrected chi connectivity index (χ2v) is 6.11. The topological polar surface area (TPSA) is 58.5 Å². The lowest BCUT2D eigenvalue weighted by molar-refractivity contribution is 0.215. The van der Waals surface area contributed by atoms with Gasteiger partial charge in [-0.2, -0.15) is 4.98 Å². The highest BCUT2D eigenvalue weighted by atomic mass is 35.5. The van der Waals surface area contributed by atoms with Gasteiger partial charge in [0.2, 0.25) is 11.7 Å². The van der Waals surface area contributed by atoms with Crippen molar-refractivity contribution in [3.05, 3.63) is 53.6 Å². The summed E-state index contributed by atoms with van der Waals surface area (Å²) in [6, 6.07) is 11.6. The molecular formula is C17H17ClN4O2. The first-order valence-corrected chi connectivity index (χ1v) is 8.26. The first kappa shape index (κ1) is 15.2. The molecule has 3 aromatic rings. The molecule has 0 atom stereocenters. The van der Waals surface area contributed by atoms with Crippen molar-refractivity contribution in [1.29, 1.82) is 0 Å². The van der Waals surface area contributed by atoms with Crippen molar-refractivity contribution in [1.82, 2.24) is 15.0 Å². The fraction of sp³-hybridized carbons (Fsp3) is 0.294. The number of hydrogen-bond donors (Lipinski definition) is 0. The van der Waals surface area contributed by atoms with Gasteiger partial charge in [0.05, 0.1) is 23.5 Å². The number of benzene rings is 1. The van der Waals surface area contributed by atoms with Gasteiger partial charge in [-0.05, 0) is 24.3 Å². The third kappa shape index (κ3) is 3.16. The molecule has 1 aromatic carbocycles. The second-order valence-electron chi connectivity index (χ2n) is 5.70. The molecule has 1 saturated heterocycles. The largest absolute Gasteiger partial charge is 0.461 e. The molecule has 124 valence electrons. The number of nitrogens with zero attached hydrogens (tertiary/aromatic N) is 4. The van der Waals surface area contributed by atoms with Gasteiger partial charge in [0, 0.05) is 26.2 Å². The van der Waals surface area contributed by atoms with Crippen LogP contribution < -0.4 is 4.90 Å². The lowest BCUT2D eigenvalue weighted by Crippen LogP contribution is -2.46. The molecule has 3 heterocycles. The fourth-order valence-electron chi connectivity index (χ4n) is 2.87. The van der Waals surface area contributed by atoms with Gasteiger partial charge in [-0.15, -0.1) is 0 Å². The average Bonchev–Trinajstić information content (AvgIpc) is 3.27. The van der Waals surface area contributed by atoms with Gasteiger partial charge < -0.3 is 13.8 Å². The molecule has 0 spiro atoms. The Bertz CT molecular complexity index is 795. The summed E-state index contributed by atoms with van der Waals surface area (Å²) in [5.74, 6) is 1.71. The molecule has 6 nitrogen and oxygen atoms in total. The maximum Gasteiger partial charge on any atom is 0.241 e. The van der Waals surface area contributed by atoms with E-state index in [1.54, 1.807) is 12.3 Å². The summed E-state index contributed by atoms with van der Waals surface area (Å²) >= 11 is 6.28. The molecule has 0 unspecified atom stereocenters. The van der Waals surface area contributed by atoms with Crippen LogP contribution in [0.25, 0.3) is 11.6 Å². The first-order chi connectivity index (χ1) is 11.8. The van der Waals surface area contributed by atoms with Crippen molar-refractivity contribution in [2.75, 3.05) is 31.1 Å². The number of aromatic nitrogens is 2. The van der Waals surface area contributed by atoms with Crippen LogP contribution in [0.15, 0.2) is 51.6 Å². The molecule has 2 aromatic heterocycles. The van der Waals surface area contributed by atoms with Crippen LogP contribution in [0.3, 0.4) is 0 Å². The van der Waals surface area contributed by atoms with E-state index in [1.165, 1.54) is 0 Å². The minimum Gasteiger partial charge on any atom is -0.461 e. The van der Waals surface area contributed by atoms with Gasteiger partial charge in [0.1, 0.15) is 0 Å². The van der Waals surface area contributed by atoms with Gasteiger partial charge in [0.15, 0.2) is 5.76 Å². The zero-order valence-corrected chi connectivity index (χ0v) is 13.8. The number of furan rings is 1. The van der Waals surface area contributed by atoms with Crippen molar-refractivity contribution in [3.8, 4) is 11.6 Å². The van der Waals surface area contributed by atoms with Gasteiger partial charge in [0.25, 0.3) is 0 Å². The smallest absolute Gasteiger partial charge is 0.241 e. The van der Waals surface area contributed by atoms with Gasteiger partial charge in [-0.3, -0.25) is 4.90 Å². The SMILES string of the molecule is Clc1ccccc1N1CCN(Cc2nc(-c3ccco3)no2)CC1. The quantitative estimate of drug-likeness (QED) is 0.723. The standard InChI is InChI=1S/C17H17ClN4O2/c18-13-4-1-2-5-14(13)22-9-7-21(8-10-22)12-16-19-17(20-24-16)15-6-3-11-23-15/h1-6,11H,7-10,12H2. The Balaban J connectivity index is 1.36. The third-order valence-corrected chi connectivity index (χ3v) is 4.45. The van der Waals surface area contributed by atoms with E-state index in [9.17, 15) is 0 Å². The van der Waals surface area contributed by atoms with Crippen molar-refractivity contribution < 1.29 is 8.94 Å². The maximum absolute atomic E-state index is 6.28. The van der Waals surface area contributed by atoms with Crippen LogP contribution in [0, 0.1) is 0 Å². The predicted octanol–water partition coefficient (Wildman–Crippen LogP) is 3.31. The van der Waals surface area contributed by atoms with E-state index >= 15 is 0 Å². The average molecular weight is 345 g/mol. The van der Waals surface area contributed by atoms with E-state index in [2.05, 4.69) is 26.0 Å². The molecule has 0 aliphatic carbocycles. The van der Waals surface area contributed by atoms with E-state index < -0.39 is 0 Å². The van der Waals surface area contributed by atoms with Crippen LogP contribution in [0.2, 0.25) is 5.02 Å². The minimum atomic E-state index is 0.490. The molecule has 4 rings (SSSR count). The Hall–Kier alpha value is -2.31. The zero-order valence-electron chi connectivity index (χ0n) is 13.1. The molecule has 24 heavy (non-hydrogen) atoms. The second kappa shape index (κ2) is 6.67. The lowest BCUT2D eigenvalue weighted by atomic mass is 10.2. The summed E-state index contributed by atoms with van der Waals surface area (Å²) in [5.41, 5.74) is 1.09. The molecule has 1 fully saturated rings. The molecule has 7 heteroatoms. The minimum absolute atomic E-state index is 0.490. The fourth-order valence-corrected chi connectivity index (χ4v) is 3.13. The van der Waals surface area contributed by atoms with Gasteiger partial charge in [-0.1, -0.05) is 28.9 Å². The van der Waals surface area contributed by atoms with Crippen LogP contribution in [0.4, 0.5) is 5.69 Å². The monoisotopic (exact) mass is 344 g/mol. The van der Waals surface area contributed by atoms with Crippen molar-refractivity contribution in [3.63, 3.8) is 0 Å². The highest BCUT2D eigenvalue weighted by molar-refractivity contribution is 6.33. The third-order valence-electron chi connectivity index (χ3n) is 4.13. The van der Waals surface area contributed by atoms with Crippen LogP contribution in [0.5, 0.6) is 0 Å². The molecule has 1 aliphatic heterocycles. The van der Waals surface area contributed by atoms with E-state index in [0.717, 1.165) is 36.9 Å². The summed E-state index contributed by atoms with van der Waals surface area (Å²) in [5, 5.41) is 4.76. The Labute approximate surface area is 144 Å². The predicted molar refractivity (Wildman–Crippen MR) is 90.9 cm³/mol. The summed E-state index contributed by atoms with van der Waals surface area (Å²) in [6.07, 6.45) is 1.60. The van der Waals surface area contributed by atoms with Crippen molar-refractivity contribution in [2.45, 2.75) is 6.54 Å². The number of halogens is 1. The molecule has 0 radical (unpaired) electrons. The van der Waals surface area contributed by atoms with Gasteiger partial charge >= 0.3 is 0 Å². The number of hydrogen-bond acceptors (Lipinski definition) is 6. The number of rotatable bonds is 4. The van der Waals surface area contributed by atoms with E-state index in [4.69, 9.17) is 20.5 Å². The summed E-state index contributed by atoms with van der Waals surface area (Å²) < 4.78 is 10.6. The van der Waals surface area contributed by atoms with Crippen LogP contribution in [-0.2, 0) is 6.54 Å². The molecule has 1 aliphatic rings. The molecule has 0 amide bonds. The summed E-state index contributed by atoms with van der Waals surface area (Å²) in [6.45, 7) is 4.32. The van der Waals surface area contributed by atoms with Crippen molar-refractivity contribution >= 4 is 17.3 Å². The normalized spacial score (nSPS) is 15.8. The molecule has 0 bridgehead atoms. The van der Waals surface area contributed by atoms with Crippen LogP contribution in [-0.4, -0.2) is 41.2 Å².